The van der Waals surface area contributed by atoms with Gasteiger partial charge in [-0.1, -0.05) is 6.07 Å². The van der Waals surface area contributed by atoms with Crippen LogP contribution in [-0.2, 0) is 16.1 Å². The summed E-state index contributed by atoms with van der Waals surface area (Å²) in [5.74, 6) is -0.821. The monoisotopic (exact) mass is 352 g/mol. The van der Waals surface area contributed by atoms with E-state index < -0.39 is 6.04 Å². The fourth-order valence-corrected chi connectivity index (χ4v) is 3.69. The highest BCUT2D eigenvalue weighted by Gasteiger charge is 2.39. The Kier molecular flexibility index (Phi) is 3.86. The molecule has 0 radical (unpaired) electrons. The van der Waals surface area contributed by atoms with Gasteiger partial charge >= 0.3 is 0 Å². The van der Waals surface area contributed by atoms with Crippen molar-refractivity contribution in [2.45, 2.75) is 45.3 Å². The third-order valence-electron chi connectivity index (χ3n) is 4.98. The summed E-state index contributed by atoms with van der Waals surface area (Å²) in [6.45, 7) is 4.51. The number of hydrogen-bond donors (Lipinski definition) is 1. The maximum absolute atomic E-state index is 12.7. The van der Waals surface area contributed by atoms with Crippen molar-refractivity contribution in [1.82, 2.24) is 20.0 Å². The number of piperidine rings is 1. The van der Waals surface area contributed by atoms with Gasteiger partial charge in [-0.15, -0.1) is 0 Å². The average molecular weight is 352 g/mol. The normalized spacial score (nSPS) is 19.9. The van der Waals surface area contributed by atoms with Crippen LogP contribution in [0.15, 0.2) is 30.5 Å². The van der Waals surface area contributed by atoms with Crippen molar-refractivity contribution in [3.8, 4) is 11.3 Å². The number of imide groups is 1. The van der Waals surface area contributed by atoms with E-state index in [2.05, 4.69) is 24.3 Å². The molecule has 3 amide bonds. The summed E-state index contributed by atoms with van der Waals surface area (Å²) in [7, 11) is 0. The number of benzene rings is 1. The lowest BCUT2D eigenvalue weighted by atomic mass is 10.0. The largest absolute Gasteiger partial charge is 0.322 e. The van der Waals surface area contributed by atoms with E-state index in [0.717, 1.165) is 16.8 Å². The minimum Gasteiger partial charge on any atom is -0.322 e. The molecule has 134 valence electrons. The molecule has 2 aromatic rings. The predicted molar refractivity (Wildman–Crippen MR) is 94.1 cm³/mol. The summed E-state index contributed by atoms with van der Waals surface area (Å²) in [5, 5.41) is 6.68. The third-order valence-corrected chi connectivity index (χ3v) is 4.98. The molecule has 3 heterocycles. The Labute approximate surface area is 151 Å². The van der Waals surface area contributed by atoms with Crippen LogP contribution in [0.2, 0.25) is 0 Å². The first-order valence-electron chi connectivity index (χ1n) is 8.77. The summed E-state index contributed by atoms with van der Waals surface area (Å²) < 4.78 is 1.94. The van der Waals surface area contributed by atoms with Gasteiger partial charge in [0.15, 0.2) is 0 Å². The number of aromatic nitrogens is 2. The summed E-state index contributed by atoms with van der Waals surface area (Å²) in [5.41, 5.74) is 3.50. The van der Waals surface area contributed by atoms with Crippen molar-refractivity contribution < 1.29 is 14.4 Å². The zero-order valence-electron chi connectivity index (χ0n) is 14.7. The predicted octanol–water partition coefficient (Wildman–Crippen LogP) is 1.89. The van der Waals surface area contributed by atoms with E-state index in [-0.39, 0.29) is 30.2 Å². The van der Waals surface area contributed by atoms with Gasteiger partial charge in [-0.2, -0.15) is 5.10 Å². The molecule has 0 spiro atoms. The molecule has 1 unspecified atom stereocenters. The van der Waals surface area contributed by atoms with Crippen molar-refractivity contribution in [3.05, 3.63) is 41.6 Å². The standard InChI is InChI=1S/C19H20N4O3/c1-11(2)23-15(7-8-20-23)12-3-4-14-13(9-12)10-22(19(14)26)16-5-6-17(24)21-18(16)25/h3-4,7-9,11,16H,5-6,10H2,1-2H3,(H,21,24,25). The minimum absolute atomic E-state index is 0.154. The smallest absolute Gasteiger partial charge is 0.255 e. The average Bonchev–Trinajstić information content (AvgIpc) is 3.20. The third kappa shape index (κ3) is 2.60. The van der Waals surface area contributed by atoms with Gasteiger partial charge < -0.3 is 4.90 Å². The van der Waals surface area contributed by atoms with Crippen LogP contribution >= 0.6 is 0 Å². The molecular formula is C19H20N4O3. The number of carbonyl (C=O) groups excluding carboxylic acids is 3. The number of fused-ring (bicyclic) bond motifs is 1. The Morgan fingerprint density at radius 2 is 2.00 bits per heavy atom. The zero-order valence-corrected chi connectivity index (χ0v) is 14.7. The van der Waals surface area contributed by atoms with Gasteiger partial charge in [0.2, 0.25) is 11.8 Å². The molecule has 0 saturated carbocycles. The van der Waals surface area contributed by atoms with Crippen molar-refractivity contribution in [1.29, 1.82) is 0 Å². The highest BCUT2D eigenvalue weighted by Crippen LogP contribution is 2.31. The van der Waals surface area contributed by atoms with Gasteiger partial charge in [-0.25, -0.2) is 0 Å². The Bertz CT molecular complexity index is 915. The highest BCUT2D eigenvalue weighted by molar-refractivity contribution is 6.05. The van der Waals surface area contributed by atoms with Crippen LogP contribution in [0, 0.1) is 0 Å². The second-order valence-electron chi connectivity index (χ2n) is 7.03. The Morgan fingerprint density at radius 3 is 2.73 bits per heavy atom. The van der Waals surface area contributed by atoms with E-state index in [4.69, 9.17) is 0 Å². The molecule has 1 aromatic carbocycles. The maximum atomic E-state index is 12.7. The van der Waals surface area contributed by atoms with E-state index in [1.807, 2.05) is 28.9 Å². The topological polar surface area (TPSA) is 84.3 Å². The molecule has 4 rings (SSSR count). The van der Waals surface area contributed by atoms with Gasteiger partial charge in [0.1, 0.15) is 6.04 Å². The molecule has 26 heavy (non-hydrogen) atoms. The van der Waals surface area contributed by atoms with E-state index >= 15 is 0 Å². The van der Waals surface area contributed by atoms with Crippen molar-refractivity contribution in [2.24, 2.45) is 0 Å². The van der Waals surface area contributed by atoms with E-state index in [9.17, 15) is 14.4 Å². The molecule has 1 atom stereocenters. The molecule has 7 heteroatoms. The maximum Gasteiger partial charge on any atom is 0.255 e. The van der Waals surface area contributed by atoms with Crippen LogP contribution in [-0.4, -0.2) is 38.4 Å². The van der Waals surface area contributed by atoms with Gasteiger partial charge in [0.05, 0.1) is 5.69 Å². The first-order chi connectivity index (χ1) is 12.5. The van der Waals surface area contributed by atoms with Crippen LogP contribution < -0.4 is 5.32 Å². The number of nitrogens with one attached hydrogen (secondary N) is 1. The molecular weight excluding hydrogens is 332 g/mol. The van der Waals surface area contributed by atoms with E-state index in [1.54, 1.807) is 11.1 Å². The highest BCUT2D eigenvalue weighted by atomic mass is 16.2. The zero-order chi connectivity index (χ0) is 18.4. The number of nitrogens with zero attached hydrogens (tertiary/aromatic N) is 3. The summed E-state index contributed by atoms with van der Waals surface area (Å²) in [6, 6.07) is 7.33. The molecule has 0 aliphatic carbocycles. The fourth-order valence-electron chi connectivity index (χ4n) is 3.69. The second-order valence-corrected chi connectivity index (χ2v) is 7.03. The van der Waals surface area contributed by atoms with Crippen molar-refractivity contribution in [3.63, 3.8) is 0 Å². The number of hydrogen-bond acceptors (Lipinski definition) is 4. The van der Waals surface area contributed by atoms with E-state index in [1.165, 1.54) is 0 Å². The lowest BCUT2D eigenvalue weighted by Crippen LogP contribution is -2.52. The molecule has 0 bridgehead atoms. The number of rotatable bonds is 3. The quantitative estimate of drug-likeness (QED) is 0.855. The van der Waals surface area contributed by atoms with E-state index in [0.29, 0.717) is 18.5 Å². The lowest BCUT2D eigenvalue weighted by Gasteiger charge is -2.29. The molecule has 2 aliphatic rings. The molecule has 7 nitrogen and oxygen atoms in total. The Balaban J connectivity index is 1.64. The first kappa shape index (κ1) is 16.5. The van der Waals surface area contributed by atoms with Gasteiger partial charge in [-0.3, -0.25) is 24.4 Å². The minimum atomic E-state index is -0.586. The SMILES string of the molecule is CC(C)n1nccc1-c1ccc2c(c1)CN(C1CCC(=O)NC1=O)C2=O. The van der Waals surface area contributed by atoms with Crippen LogP contribution in [0.25, 0.3) is 11.3 Å². The fraction of sp³-hybridized carbons (Fsp3) is 0.368. The lowest BCUT2D eigenvalue weighted by molar-refractivity contribution is -0.136. The van der Waals surface area contributed by atoms with Crippen LogP contribution in [0.5, 0.6) is 0 Å². The van der Waals surface area contributed by atoms with Gasteiger partial charge in [0.25, 0.3) is 5.91 Å². The number of amides is 3. The van der Waals surface area contributed by atoms with Crippen molar-refractivity contribution >= 4 is 17.7 Å². The summed E-state index contributed by atoms with van der Waals surface area (Å²) >= 11 is 0. The Morgan fingerprint density at radius 1 is 1.19 bits per heavy atom. The molecule has 1 N–H and O–H groups in total. The van der Waals surface area contributed by atoms with Crippen molar-refractivity contribution in [2.75, 3.05) is 0 Å². The second kappa shape index (κ2) is 6.09. The van der Waals surface area contributed by atoms with Gasteiger partial charge in [0, 0.05) is 36.3 Å². The van der Waals surface area contributed by atoms with Crippen LogP contribution in [0.3, 0.4) is 0 Å². The molecule has 2 aliphatic heterocycles. The first-order valence-corrected chi connectivity index (χ1v) is 8.77. The Hall–Kier alpha value is -2.96. The van der Waals surface area contributed by atoms with Gasteiger partial charge in [-0.05, 0) is 44.0 Å². The van der Waals surface area contributed by atoms with Crippen LogP contribution in [0.4, 0.5) is 0 Å². The summed E-state index contributed by atoms with van der Waals surface area (Å²) in [6.07, 6.45) is 2.40. The summed E-state index contributed by atoms with van der Waals surface area (Å²) in [4.78, 5) is 37.8. The molecule has 1 saturated heterocycles. The van der Waals surface area contributed by atoms with Crippen LogP contribution in [0.1, 0.15) is 48.7 Å². The molecule has 1 fully saturated rings. The molecule has 1 aromatic heterocycles. The number of carbonyl (C=O) groups is 3.